The summed E-state index contributed by atoms with van der Waals surface area (Å²) in [4.78, 5) is 10.8. The molecule has 76 valence electrons. The van der Waals surface area contributed by atoms with E-state index >= 15 is 0 Å². The predicted molar refractivity (Wildman–Crippen MR) is 52.1 cm³/mol. The molecule has 0 aromatic heterocycles. The third-order valence-electron chi connectivity index (χ3n) is 1.68. The monoisotopic (exact) mass is 187 g/mol. The van der Waals surface area contributed by atoms with Crippen LogP contribution in [0.4, 0.5) is 0 Å². The van der Waals surface area contributed by atoms with Gasteiger partial charge in [-0.15, -0.1) is 0 Å². The van der Waals surface area contributed by atoms with Gasteiger partial charge in [-0.3, -0.25) is 4.79 Å². The van der Waals surface area contributed by atoms with Crippen molar-refractivity contribution >= 4 is 5.91 Å². The Morgan fingerprint density at radius 1 is 1.62 bits per heavy atom. The summed E-state index contributed by atoms with van der Waals surface area (Å²) in [6.45, 7) is 5.49. The minimum absolute atomic E-state index is 0.127. The van der Waals surface area contributed by atoms with Crippen LogP contribution in [0.25, 0.3) is 0 Å². The lowest BCUT2D eigenvalue weighted by atomic mass is 10.4. The smallest absolute Gasteiger partial charge is 0.243 e. The third kappa shape index (κ3) is 6.31. The van der Waals surface area contributed by atoms with Gasteiger partial charge in [0, 0.05) is 7.11 Å². The van der Waals surface area contributed by atoms with Gasteiger partial charge in [0.05, 0.1) is 27.2 Å². The fourth-order valence-corrected chi connectivity index (χ4v) is 0.968. The van der Waals surface area contributed by atoms with Gasteiger partial charge in [-0.1, -0.05) is 6.58 Å². The maximum atomic E-state index is 10.8. The van der Waals surface area contributed by atoms with Crippen molar-refractivity contribution < 1.29 is 14.0 Å². The molecule has 0 aromatic carbocycles. The average Bonchev–Trinajstić information content (AvgIpc) is 2.03. The lowest BCUT2D eigenvalue weighted by Gasteiger charge is -2.28. The van der Waals surface area contributed by atoms with Gasteiger partial charge in [0.2, 0.25) is 5.91 Å². The summed E-state index contributed by atoms with van der Waals surface area (Å²) in [6, 6.07) is 0. The minimum atomic E-state index is -0.127. The van der Waals surface area contributed by atoms with Gasteiger partial charge in [-0.05, 0) is 6.08 Å². The average molecular weight is 187 g/mol. The van der Waals surface area contributed by atoms with E-state index < -0.39 is 0 Å². The van der Waals surface area contributed by atoms with E-state index in [0.717, 1.165) is 11.0 Å². The summed E-state index contributed by atoms with van der Waals surface area (Å²) in [7, 11) is 5.76. The molecule has 0 fully saturated rings. The maximum Gasteiger partial charge on any atom is 0.243 e. The third-order valence-corrected chi connectivity index (χ3v) is 1.68. The van der Waals surface area contributed by atoms with E-state index in [1.54, 1.807) is 7.11 Å². The number of rotatable bonds is 6. The maximum absolute atomic E-state index is 10.8. The van der Waals surface area contributed by atoms with Crippen LogP contribution in [0.15, 0.2) is 12.7 Å². The Morgan fingerprint density at radius 2 is 2.23 bits per heavy atom. The van der Waals surface area contributed by atoms with Crippen LogP contribution in [-0.4, -0.2) is 51.4 Å². The summed E-state index contributed by atoms with van der Waals surface area (Å²) < 4.78 is 5.76. The second-order valence-corrected chi connectivity index (χ2v) is 3.57. The zero-order chi connectivity index (χ0) is 10.3. The van der Waals surface area contributed by atoms with E-state index in [1.807, 2.05) is 14.1 Å². The molecule has 4 nitrogen and oxygen atoms in total. The molecular formula is C9H19N2O2+. The van der Waals surface area contributed by atoms with E-state index in [4.69, 9.17) is 4.74 Å². The van der Waals surface area contributed by atoms with Crippen molar-refractivity contribution in [2.45, 2.75) is 0 Å². The molecule has 0 rings (SSSR count). The number of methoxy groups -OCH3 is 1. The van der Waals surface area contributed by atoms with Crippen LogP contribution < -0.4 is 5.32 Å². The molecule has 13 heavy (non-hydrogen) atoms. The van der Waals surface area contributed by atoms with E-state index in [1.165, 1.54) is 6.08 Å². The first-order valence-corrected chi connectivity index (χ1v) is 4.23. The van der Waals surface area contributed by atoms with Crippen molar-refractivity contribution in [3.8, 4) is 0 Å². The fraction of sp³-hybridized carbons (Fsp3) is 0.667. The molecule has 0 radical (unpaired) electrons. The van der Waals surface area contributed by atoms with Crippen LogP contribution in [0.2, 0.25) is 0 Å². The highest BCUT2D eigenvalue weighted by Gasteiger charge is 2.13. The first-order chi connectivity index (χ1) is 6.02. The lowest BCUT2D eigenvalue weighted by molar-refractivity contribution is -0.907. The molecule has 4 heteroatoms. The van der Waals surface area contributed by atoms with E-state index in [-0.39, 0.29) is 5.91 Å². The number of nitrogens with zero attached hydrogens (tertiary/aromatic N) is 1. The van der Waals surface area contributed by atoms with Gasteiger partial charge in [0.1, 0.15) is 0 Å². The molecule has 0 atom stereocenters. The summed E-state index contributed by atoms with van der Waals surface area (Å²) in [5.41, 5.74) is 0. The minimum Gasteiger partial charge on any atom is -0.347 e. The molecule has 0 unspecified atom stereocenters. The van der Waals surface area contributed by atoms with Crippen LogP contribution in [0.1, 0.15) is 0 Å². The highest BCUT2D eigenvalue weighted by Crippen LogP contribution is 1.94. The van der Waals surface area contributed by atoms with Gasteiger partial charge in [0.15, 0.2) is 6.73 Å². The SMILES string of the molecule is C=CC(=O)NCC[N+](C)(C)COC. The second kappa shape index (κ2) is 5.72. The summed E-state index contributed by atoms with van der Waals surface area (Å²) in [5.74, 6) is -0.127. The normalized spacial score (nSPS) is 11.0. The van der Waals surface area contributed by atoms with Gasteiger partial charge in [-0.2, -0.15) is 0 Å². The number of hydrogen-bond acceptors (Lipinski definition) is 2. The van der Waals surface area contributed by atoms with Crippen molar-refractivity contribution in [2.24, 2.45) is 0 Å². The van der Waals surface area contributed by atoms with Gasteiger partial charge in [-0.25, -0.2) is 0 Å². The van der Waals surface area contributed by atoms with Crippen LogP contribution >= 0.6 is 0 Å². The molecule has 0 aliphatic heterocycles. The Bertz CT molecular complexity index is 178. The number of carbonyl (C=O) groups excluding carboxylic acids is 1. The Labute approximate surface area is 79.8 Å². The quantitative estimate of drug-likeness (QED) is 0.360. The van der Waals surface area contributed by atoms with Crippen LogP contribution in [0, 0.1) is 0 Å². The fourth-order valence-electron chi connectivity index (χ4n) is 0.968. The zero-order valence-electron chi connectivity index (χ0n) is 8.67. The summed E-state index contributed by atoms with van der Waals surface area (Å²) in [5, 5.41) is 2.72. The molecule has 1 N–H and O–H groups in total. The van der Waals surface area contributed by atoms with Crippen molar-refractivity contribution in [2.75, 3.05) is 41.0 Å². The topological polar surface area (TPSA) is 38.3 Å². The van der Waals surface area contributed by atoms with Crippen molar-refractivity contribution in [3.63, 3.8) is 0 Å². The molecule has 0 aliphatic rings. The largest absolute Gasteiger partial charge is 0.347 e. The molecule has 0 heterocycles. The first-order valence-electron chi connectivity index (χ1n) is 4.23. The Morgan fingerprint density at radius 3 is 2.69 bits per heavy atom. The molecule has 0 saturated carbocycles. The van der Waals surface area contributed by atoms with Gasteiger partial charge < -0.3 is 14.5 Å². The number of ether oxygens (including phenoxy) is 1. The Hall–Kier alpha value is -0.870. The summed E-state index contributed by atoms with van der Waals surface area (Å²) >= 11 is 0. The Kier molecular flexibility index (Phi) is 5.34. The van der Waals surface area contributed by atoms with Crippen LogP contribution in [0.5, 0.6) is 0 Å². The molecule has 0 bridgehead atoms. The molecule has 1 amide bonds. The first kappa shape index (κ1) is 12.1. The lowest BCUT2D eigenvalue weighted by Crippen LogP contribution is -2.46. The number of likely N-dealkylation sites (N-methyl/N-ethyl adjacent to an activating group) is 1. The predicted octanol–water partition coefficient (Wildman–Crippen LogP) is -0.0311. The highest BCUT2D eigenvalue weighted by atomic mass is 16.5. The number of amides is 1. The number of carbonyl (C=O) groups is 1. The van der Waals surface area contributed by atoms with Crippen LogP contribution in [-0.2, 0) is 9.53 Å². The van der Waals surface area contributed by atoms with E-state index in [2.05, 4.69) is 11.9 Å². The van der Waals surface area contributed by atoms with E-state index in [9.17, 15) is 4.79 Å². The number of hydrogen-bond donors (Lipinski definition) is 1. The summed E-state index contributed by atoms with van der Waals surface area (Å²) in [6.07, 6.45) is 1.27. The molecule has 0 saturated heterocycles. The molecular weight excluding hydrogens is 168 g/mol. The van der Waals surface area contributed by atoms with Crippen LogP contribution in [0.3, 0.4) is 0 Å². The standard InChI is InChI=1S/C9H18N2O2/c1-5-9(12)10-6-7-11(2,3)8-13-4/h5H,1,6-8H2,2-4H3/p+1. The van der Waals surface area contributed by atoms with Crippen molar-refractivity contribution in [3.05, 3.63) is 12.7 Å². The van der Waals surface area contributed by atoms with Gasteiger partial charge in [0.25, 0.3) is 0 Å². The second-order valence-electron chi connectivity index (χ2n) is 3.57. The van der Waals surface area contributed by atoms with Crippen molar-refractivity contribution in [1.29, 1.82) is 0 Å². The number of nitrogens with one attached hydrogen (secondary N) is 1. The molecule has 0 aliphatic carbocycles. The highest BCUT2D eigenvalue weighted by molar-refractivity contribution is 5.86. The zero-order valence-corrected chi connectivity index (χ0v) is 8.67. The van der Waals surface area contributed by atoms with Gasteiger partial charge >= 0.3 is 0 Å². The molecule has 0 spiro atoms. The number of quaternary nitrogens is 1. The van der Waals surface area contributed by atoms with E-state index in [0.29, 0.717) is 13.3 Å². The molecule has 0 aromatic rings. The van der Waals surface area contributed by atoms with Crippen molar-refractivity contribution in [1.82, 2.24) is 5.32 Å². The Balaban J connectivity index is 3.62.